The van der Waals surface area contributed by atoms with Crippen molar-refractivity contribution in [2.24, 2.45) is 5.92 Å². The number of rotatable bonds is 6. The molecule has 0 aromatic carbocycles. The number of aromatic nitrogens is 2. The Kier molecular flexibility index (Phi) is 5.12. The Hall–Kier alpha value is -1.68. The van der Waals surface area contributed by atoms with Gasteiger partial charge >= 0.3 is 0 Å². The van der Waals surface area contributed by atoms with E-state index in [1.165, 1.54) is 5.56 Å². The molecular formula is C17H25N3O. The molecule has 2 heterocycles. The van der Waals surface area contributed by atoms with E-state index < -0.39 is 0 Å². The van der Waals surface area contributed by atoms with Gasteiger partial charge in [0, 0.05) is 11.4 Å². The van der Waals surface area contributed by atoms with Gasteiger partial charge in [0.05, 0.1) is 6.26 Å². The first kappa shape index (κ1) is 15.7. The van der Waals surface area contributed by atoms with Crippen LogP contribution in [0.1, 0.15) is 36.4 Å². The van der Waals surface area contributed by atoms with Crippen molar-refractivity contribution in [1.82, 2.24) is 15.3 Å². The number of furan rings is 1. The van der Waals surface area contributed by atoms with Crippen molar-refractivity contribution in [2.75, 3.05) is 13.1 Å². The van der Waals surface area contributed by atoms with E-state index in [0.29, 0.717) is 11.7 Å². The number of hydrogen-bond acceptors (Lipinski definition) is 4. The molecule has 1 N–H and O–H groups in total. The average Bonchev–Trinajstić information content (AvgIpc) is 2.86. The largest absolute Gasteiger partial charge is 0.461 e. The van der Waals surface area contributed by atoms with E-state index >= 15 is 0 Å². The fourth-order valence-corrected chi connectivity index (χ4v) is 2.55. The summed E-state index contributed by atoms with van der Waals surface area (Å²) in [6.07, 6.45) is 2.69. The third-order valence-electron chi connectivity index (χ3n) is 3.78. The molecule has 21 heavy (non-hydrogen) atoms. The van der Waals surface area contributed by atoms with Crippen LogP contribution in [0.15, 0.2) is 16.7 Å². The molecule has 0 saturated carbocycles. The number of aryl methyl sites for hydroxylation is 3. The lowest BCUT2D eigenvalue weighted by Crippen LogP contribution is -2.22. The predicted molar refractivity (Wildman–Crippen MR) is 85.4 cm³/mol. The van der Waals surface area contributed by atoms with E-state index in [1.54, 1.807) is 6.26 Å². The molecular weight excluding hydrogens is 262 g/mol. The fourth-order valence-electron chi connectivity index (χ4n) is 2.55. The summed E-state index contributed by atoms with van der Waals surface area (Å²) in [7, 11) is 0. The van der Waals surface area contributed by atoms with E-state index in [0.717, 1.165) is 42.2 Å². The maximum Gasteiger partial charge on any atom is 0.196 e. The Bertz CT molecular complexity index is 581. The summed E-state index contributed by atoms with van der Waals surface area (Å²) in [6.45, 7) is 12.6. The van der Waals surface area contributed by atoms with Crippen molar-refractivity contribution >= 4 is 0 Å². The fraction of sp³-hybridized carbons (Fsp3) is 0.529. The van der Waals surface area contributed by atoms with Gasteiger partial charge in [-0.3, -0.25) is 0 Å². The maximum atomic E-state index is 5.50. The molecule has 2 aromatic rings. The molecule has 0 spiro atoms. The number of nitrogens with one attached hydrogen (secondary N) is 1. The van der Waals surface area contributed by atoms with E-state index in [4.69, 9.17) is 4.42 Å². The second-order valence-corrected chi connectivity index (χ2v) is 5.75. The maximum absolute atomic E-state index is 5.50. The molecule has 4 heteroatoms. The van der Waals surface area contributed by atoms with Crippen molar-refractivity contribution in [3.8, 4) is 11.6 Å². The minimum absolute atomic E-state index is 0.571. The normalized spacial score (nSPS) is 12.6. The Morgan fingerprint density at radius 2 is 1.86 bits per heavy atom. The molecule has 4 nitrogen and oxygen atoms in total. The van der Waals surface area contributed by atoms with Crippen LogP contribution >= 0.6 is 0 Å². The predicted octanol–water partition coefficient (Wildman–Crippen LogP) is 3.45. The van der Waals surface area contributed by atoms with Crippen LogP contribution in [0.25, 0.3) is 11.6 Å². The van der Waals surface area contributed by atoms with Crippen molar-refractivity contribution in [2.45, 2.75) is 41.0 Å². The molecule has 0 bridgehead atoms. The number of nitrogens with zero attached hydrogens (tertiary/aromatic N) is 2. The van der Waals surface area contributed by atoms with E-state index in [1.807, 2.05) is 13.0 Å². The Balaban J connectivity index is 2.24. The lowest BCUT2D eigenvalue weighted by molar-refractivity contribution is 0.517. The van der Waals surface area contributed by atoms with E-state index in [9.17, 15) is 0 Å². The van der Waals surface area contributed by atoms with Gasteiger partial charge in [0.15, 0.2) is 11.6 Å². The third kappa shape index (κ3) is 3.70. The first-order valence-electron chi connectivity index (χ1n) is 7.62. The van der Waals surface area contributed by atoms with Gasteiger partial charge in [0.2, 0.25) is 0 Å². The summed E-state index contributed by atoms with van der Waals surface area (Å²) >= 11 is 0. The molecule has 2 aromatic heterocycles. The molecule has 114 valence electrons. The third-order valence-corrected chi connectivity index (χ3v) is 3.78. The van der Waals surface area contributed by atoms with E-state index in [-0.39, 0.29) is 0 Å². The van der Waals surface area contributed by atoms with Crippen molar-refractivity contribution < 1.29 is 4.42 Å². The molecule has 0 fully saturated rings. The second-order valence-electron chi connectivity index (χ2n) is 5.75. The first-order chi connectivity index (χ1) is 10.0. The van der Waals surface area contributed by atoms with Crippen molar-refractivity contribution in [3.63, 3.8) is 0 Å². The zero-order valence-corrected chi connectivity index (χ0v) is 13.7. The van der Waals surface area contributed by atoms with Crippen molar-refractivity contribution in [1.29, 1.82) is 0 Å². The summed E-state index contributed by atoms with van der Waals surface area (Å²) in [5.41, 5.74) is 4.43. The van der Waals surface area contributed by atoms with Crippen LogP contribution in [-0.4, -0.2) is 23.1 Å². The zero-order valence-electron chi connectivity index (χ0n) is 13.7. The highest BCUT2D eigenvalue weighted by Crippen LogP contribution is 2.24. The summed E-state index contributed by atoms with van der Waals surface area (Å²) in [6, 6.07) is 1.94. The Labute approximate surface area is 127 Å². The van der Waals surface area contributed by atoms with Gasteiger partial charge in [-0.25, -0.2) is 9.97 Å². The first-order valence-corrected chi connectivity index (χ1v) is 7.62. The molecule has 0 aliphatic heterocycles. The van der Waals surface area contributed by atoms with Gasteiger partial charge in [0.25, 0.3) is 0 Å². The quantitative estimate of drug-likeness (QED) is 0.884. The minimum atomic E-state index is 0.571. The molecule has 0 aliphatic rings. The highest BCUT2D eigenvalue weighted by molar-refractivity contribution is 5.53. The van der Waals surface area contributed by atoms with Gasteiger partial charge in [-0.15, -0.1) is 0 Å². The molecule has 2 rings (SSSR count). The van der Waals surface area contributed by atoms with Gasteiger partial charge in [-0.1, -0.05) is 13.8 Å². The number of hydrogen-bond donors (Lipinski definition) is 1. The monoisotopic (exact) mass is 287 g/mol. The molecule has 0 saturated heterocycles. The average molecular weight is 287 g/mol. The van der Waals surface area contributed by atoms with Gasteiger partial charge in [-0.2, -0.15) is 0 Å². The SMILES string of the molecule is CCNCC(C)Cc1c(C)nc(-c2occc2C)nc1C. The van der Waals surface area contributed by atoms with Crippen molar-refractivity contribution in [3.05, 3.63) is 34.8 Å². The topological polar surface area (TPSA) is 51.0 Å². The van der Waals surface area contributed by atoms with Crippen LogP contribution in [0.2, 0.25) is 0 Å². The van der Waals surface area contributed by atoms with Crippen LogP contribution in [0.3, 0.4) is 0 Å². The summed E-state index contributed by atoms with van der Waals surface area (Å²) < 4.78 is 5.50. The molecule has 0 amide bonds. The zero-order chi connectivity index (χ0) is 15.4. The van der Waals surface area contributed by atoms with E-state index in [2.05, 4.69) is 43.0 Å². The Morgan fingerprint density at radius 3 is 2.38 bits per heavy atom. The minimum Gasteiger partial charge on any atom is -0.461 e. The van der Waals surface area contributed by atoms with Crippen LogP contribution in [0.4, 0.5) is 0 Å². The Morgan fingerprint density at radius 1 is 1.19 bits per heavy atom. The standard InChI is InChI=1S/C17H25N3O/c1-6-18-10-11(2)9-15-13(4)19-17(20-14(15)5)16-12(3)7-8-21-16/h7-8,11,18H,6,9-10H2,1-5H3. The van der Waals surface area contributed by atoms with Crippen LogP contribution in [0.5, 0.6) is 0 Å². The highest BCUT2D eigenvalue weighted by Gasteiger charge is 2.15. The van der Waals surface area contributed by atoms with Gasteiger partial charge < -0.3 is 9.73 Å². The second kappa shape index (κ2) is 6.85. The van der Waals surface area contributed by atoms with Gasteiger partial charge in [-0.05, 0) is 63.4 Å². The summed E-state index contributed by atoms with van der Waals surface area (Å²) in [4.78, 5) is 9.29. The molecule has 1 unspecified atom stereocenters. The lowest BCUT2D eigenvalue weighted by Gasteiger charge is -2.15. The van der Waals surface area contributed by atoms with Crippen LogP contribution in [-0.2, 0) is 6.42 Å². The van der Waals surface area contributed by atoms with Crippen LogP contribution < -0.4 is 5.32 Å². The molecule has 0 aliphatic carbocycles. The summed E-state index contributed by atoms with van der Waals surface area (Å²) in [5.74, 6) is 2.03. The molecule has 0 radical (unpaired) electrons. The smallest absolute Gasteiger partial charge is 0.196 e. The lowest BCUT2D eigenvalue weighted by atomic mass is 9.98. The van der Waals surface area contributed by atoms with Crippen LogP contribution in [0, 0.1) is 26.7 Å². The summed E-state index contributed by atoms with van der Waals surface area (Å²) in [5, 5.41) is 3.39. The molecule has 1 atom stereocenters. The van der Waals surface area contributed by atoms with Gasteiger partial charge in [0.1, 0.15) is 0 Å². The highest BCUT2D eigenvalue weighted by atomic mass is 16.3.